The highest BCUT2D eigenvalue weighted by Crippen LogP contribution is 2.40. The summed E-state index contributed by atoms with van der Waals surface area (Å²) in [6.45, 7) is 12.2. The van der Waals surface area contributed by atoms with Crippen LogP contribution in [0.1, 0.15) is 269 Å². The molecule has 0 saturated heterocycles. The van der Waals surface area contributed by atoms with Crippen molar-refractivity contribution in [3.05, 3.63) is 23.3 Å². The molecular weight excluding hydrogens is 701 g/mol. The van der Waals surface area contributed by atoms with Gasteiger partial charge in [-0.2, -0.15) is 0 Å². The maximum absolute atomic E-state index is 13.2. The van der Waals surface area contributed by atoms with Gasteiger partial charge in [0.05, 0.1) is 12.5 Å². The summed E-state index contributed by atoms with van der Waals surface area (Å²) in [5.41, 5.74) is 0.810. The zero-order chi connectivity index (χ0) is 41.1. The van der Waals surface area contributed by atoms with Crippen LogP contribution in [-0.4, -0.2) is 24.0 Å². The molecule has 0 saturated carbocycles. The van der Waals surface area contributed by atoms with Crippen LogP contribution in [-0.2, 0) is 19.4 Å². The number of carbonyl (C=O) groups excluding carboxylic acids is 3. The summed E-state index contributed by atoms with van der Waals surface area (Å²) in [6, 6.07) is 3.34. The largest absolute Gasteiger partial charge is 0.486 e. The van der Waals surface area contributed by atoms with Crippen molar-refractivity contribution >= 4 is 17.9 Å². The van der Waals surface area contributed by atoms with E-state index in [2.05, 4.69) is 13.8 Å². The van der Waals surface area contributed by atoms with Gasteiger partial charge in [0.25, 0.3) is 0 Å². The molecule has 0 amide bonds. The lowest BCUT2D eigenvalue weighted by Gasteiger charge is -2.21. The number of hydrogen-bond donors (Lipinski definition) is 0. The number of unbranched alkanes of at least 4 members (excludes halogenated alkanes) is 28. The fraction of sp³-hybridized carbons (Fsp3) is 0.816. The van der Waals surface area contributed by atoms with Crippen LogP contribution in [0.4, 0.5) is 0 Å². The van der Waals surface area contributed by atoms with Crippen molar-refractivity contribution < 1.29 is 33.6 Å². The van der Waals surface area contributed by atoms with Gasteiger partial charge in [0.1, 0.15) is 5.56 Å². The minimum absolute atomic E-state index is 0.0101. The Balaban J connectivity index is 2.42. The third kappa shape index (κ3) is 27.1. The molecule has 324 valence electrons. The van der Waals surface area contributed by atoms with Gasteiger partial charge in [-0.15, -0.1) is 0 Å². The van der Waals surface area contributed by atoms with Gasteiger partial charge in [0.15, 0.2) is 11.5 Å². The number of hydrogen-bond acceptors (Lipinski definition) is 7. The third-order valence-electron chi connectivity index (χ3n) is 10.7. The first-order chi connectivity index (χ1) is 27.2. The fourth-order valence-corrected chi connectivity index (χ4v) is 7.27. The van der Waals surface area contributed by atoms with Crippen molar-refractivity contribution in [3.63, 3.8) is 0 Å². The molecule has 0 bridgehead atoms. The van der Waals surface area contributed by atoms with Crippen LogP contribution in [0.15, 0.2) is 12.1 Å². The maximum atomic E-state index is 13.2. The highest BCUT2D eigenvalue weighted by atomic mass is 17.2. The van der Waals surface area contributed by atoms with Crippen molar-refractivity contribution in [1.82, 2.24) is 0 Å². The molecule has 0 aliphatic carbocycles. The average molecular weight is 787 g/mol. The van der Waals surface area contributed by atoms with Crippen LogP contribution >= 0.6 is 0 Å². The Morgan fingerprint density at radius 1 is 0.446 bits per heavy atom. The lowest BCUT2D eigenvalue weighted by molar-refractivity contribution is -0.234. The lowest BCUT2D eigenvalue weighted by atomic mass is 9.99. The summed E-state index contributed by atoms with van der Waals surface area (Å²) < 4.78 is 12.0. The summed E-state index contributed by atoms with van der Waals surface area (Å²) in [5, 5.41) is 0. The van der Waals surface area contributed by atoms with Crippen molar-refractivity contribution in [3.8, 4) is 11.5 Å². The predicted octanol–water partition coefficient (Wildman–Crippen LogP) is 15.6. The summed E-state index contributed by atoms with van der Waals surface area (Å²) in [6.07, 6.45) is 37.8. The van der Waals surface area contributed by atoms with Gasteiger partial charge in [0, 0.05) is 12.0 Å². The molecule has 0 N–H and O–H groups in total. The van der Waals surface area contributed by atoms with Crippen LogP contribution < -0.4 is 9.47 Å². The molecule has 7 heteroatoms. The first kappa shape index (κ1) is 51.4. The minimum Gasteiger partial charge on any atom is -0.486 e. The quantitative estimate of drug-likeness (QED) is 0.0218. The Hall–Kier alpha value is -2.57. The second-order valence-electron chi connectivity index (χ2n) is 16.9. The summed E-state index contributed by atoms with van der Waals surface area (Å²) in [5.74, 6) is -1.40. The molecule has 1 aromatic carbocycles. The molecule has 0 aliphatic heterocycles. The van der Waals surface area contributed by atoms with Gasteiger partial charge in [-0.05, 0) is 38.7 Å². The molecule has 0 atom stereocenters. The monoisotopic (exact) mass is 787 g/mol. The standard InChI is InChI=1S/C49H86O7/c1-7-9-11-13-15-17-19-21-23-25-27-29-31-33-35-37-45(50)54-47-43(41(3)4)39-40-44(48(47)53-42(5)6)49(52)56-55-46(51)38-36-34-32-30-28-26-24-22-20-18-16-14-12-10-8-2/h39-42H,7-38H2,1-6H3. The maximum Gasteiger partial charge on any atom is 0.390 e. The Morgan fingerprint density at radius 2 is 0.804 bits per heavy atom. The number of carbonyl (C=O) groups is 3. The summed E-state index contributed by atoms with van der Waals surface area (Å²) >= 11 is 0. The topological polar surface area (TPSA) is 88.1 Å². The molecule has 0 heterocycles. The van der Waals surface area contributed by atoms with E-state index < -0.39 is 11.9 Å². The molecular formula is C49H86O7. The number of esters is 1. The van der Waals surface area contributed by atoms with Gasteiger partial charge in [-0.1, -0.05) is 214 Å². The smallest absolute Gasteiger partial charge is 0.390 e. The first-order valence-corrected chi connectivity index (χ1v) is 23.7. The lowest BCUT2D eigenvalue weighted by Crippen LogP contribution is -2.18. The van der Waals surface area contributed by atoms with E-state index in [-0.39, 0.29) is 41.5 Å². The second-order valence-corrected chi connectivity index (χ2v) is 16.9. The zero-order valence-electron chi connectivity index (χ0n) is 37.3. The van der Waals surface area contributed by atoms with E-state index in [0.29, 0.717) is 12.8 Å². The van der Waals surface area contributed by atoms with Gasteiger partial charge < -0.3 is 9.47 Å². The Morgan fingerprint density at radius 3 is 1.16 bits per heavy atom. The second kappa shape index (κ2) is 35.6. The van der Waals surface area contributed by atoms with Crippen LogP contribution in [0.2, 0.25) is 0 Å². The SMILES string of the molecule is CCCCCCCCCCCCCCCCCC(=O)OOC(=O)c1ccc(C(C)C)c(OC(=O)CCCCCCCCCCCCCCCCC)c1OC(C)C. The number of ether oxygens (including phenoxy) is 2. The van der Waals surface area contributed by atoms with E-state index in [1.807, 2.05) is 27.7 Å². The Bertz CT molecular complexity index is 1130. The molecule has 1 aromatic rings. The molecule has 0 aliphatic rings. The van der Waals surface area contributed by atoms with Gasteiger partial charge >= 0.3 is 17.9 Å². The van der Waals surface area contributed by atoms with Crippen molar-refractivity contribution in [2.24, 2.45) is 0 Å². The molecule has 0 spiro atoms. The summed E-state index contributed by atoms with van der Waals surface area (Å²) in [4.78, 5) is 48.6. The van der Waals surface area contributed by atoms with Gasteiger partial charge in [-0.3, -0.25) is 4.79 Å². The van der Waals surface area contributed by atoms with Crippen LogP contribution in [0.3, 0.4) is 0 Å². The highest BCUT2D eigenvalue weighted by molar-refractivity contribution is 5.94. The molecule has 0 unspecified atom stereocenters. The molecule has 1 rings (SSSR count). The van der Waals surface area contributed by atoms with Crippen LogP contribution in [0.25, 0.3) is 0 Å². The normalized spacial score (nSPS) is 11.4. The van der Waals surface area contributed by atoms with E-state index in [1.54, 1.807) is 12.1 Å². The molecule has 0 aromatic heterocycles. The minimum atomic E-state index is -0.861. The van der Waals surface area contributed by atoms with Gasteiger partial charge in [0.2, 0.25) is 0 Å². The highest BCUT2D eigenvalue weighted by Gasteiger charge is 2.27. The van der Waals surface area contributed by atoms with Crippen LogP contribution in [0, 0.1) is 0 Å². The van der Waals surface area contributed by atoms with E-state index >= 15 is 0 Å². The molecule has 0 radical (unpaired) electrons. The number of rotatable bonds is 37. The van der Waals surface area contributed by atoms with Crippen molar-refractivity contribution in [2.75, 3.05) is 0 Å². The Labute approximate surface area is 344 Å². The van der Waals surface area contributed by atoms with Crippen molar-refractivity contribution in [2.45, 2.75) is 259 Å². The molecule has 0 fully saturated rings. The van der Waals surface area contributed by atoms with E-state index in [1.165, 1.54) is 154 Å². The van der Waals surface area contributed by atoms with E-state index in [4.69, 9.17) is 19.2 Å². The zero-order valence-corrected chi connectivity index (χ0v) is 37.3. The van der Waals surface area contributed by atoms with E-state index in [0.717, 1.165) is 37.7 Å². The van der Waals surface area contributed by atoms with Crippen molar-refractivity contribution in [1.29, 1.82) is 0 Å². The fourth-order valence-electron chi connectivity index (χ4n) is 7.27. The first-order valence-electron chi connectivity index (χ1n) is 23.7. The Kier molecular flexibility index (Phi) is 32.7. The number of benzene rings is 1. The van der Waals surface area contributed by atoms with Crippen LogP contribution in [0.5, 0.6) is 11.5 Å². The third-order valence-corrected chi connectivity index (χ3v) is 10.7. The average Bonchev–Trinajstić information content (AvgIpc) is 3.17. The molecule has 56 heavy (non-hydrogen) atoms. The molecule has 7 nitrogen and oxygen atoms in total. The summed E-state index contributed by atoms with van der Waals surface area (Å²) in [7, 11) is 0. The predicted molar refractivity (Wildman–Crippen MR) is 233 cm³/mol. The van der Waals surface area contributed by atoms with E-state index in [9.17, 15) is 14.4 Å². The van der Waals surface area contributed by atoms with Gasteiger partial charge in [-0.25, -0.2) is 19.4 Å².